The van der Waals surface area contributed by atoms with Crippen molar-refractivity contribution in [2.24, 2.45) is 0 Å². The minimum absolute atomic E-state index is 0.0243. The van der Waals surface area contributed by atoms with Gasteiger partial charge in [-0.15, -0.1) is 0 Å². The monoisotopic (exact) mass is 550 g/mol. The van der Waals surface area contributed by atoms with Gasteiger partial charge in [-0.25, -0.2) is 9.69 Å². The first-order valence-corrected chi connectivity index (χ1v) is 11.8. The largest absolute Gasteiger partial charge is 0.493 e. The van der Waals surface area contributed by atoms with Gasteiger partial charge in [0.15, 0.2) is 17.7 Å². The summed E-state index contributed by atoms with van der Waals surface area (Å²) < 4.78 is 19.2. The van der Waals surface area contributed by atoms with Gasteiger partial charge in [-0.2, -0.15) is 0 Å². The van der Waals surface area contributed by atoms with E-state index in [1.807, 2.05) is 0 Å². The van der Waals surface area contributed by atoms with Crippen molar-refractivity contribution in [3.63, 3.8) is 0 Å². The number of nitrogens with zero attached hydrogens (tertiary/aromatic N) is 2. The molecule has 0 radical (unpaired) electrons. The molecular formula is C22H25Cl3N2O8. The Bertz CT molecular complexity index is 984. The number of methoxy groups -OCH3 is 1. The zero-order chi connectivity index (χ0) is 25.8. The number of aliphatic hydroxyl groups is 1. The third-order valence-electron chi connectivity index (χ3n) is 5.42. The van der Waals surface area contributed by atoms with Crippen LogP contribution < -0.4 is 14.4 Å². The van der Waals surface area contributed by atoms with E-state index in [-0.39, 0.29) is 42.4 Å². The third-order valence-corrected chi connectivity index (χ3v) is 5.75. The number of carbonyl (C=O) groups is 3. The molecule has 1 N–H and O–H groups in total. The van der Waals surface area contributed by atoms with Gasteiger partial charge in [-0.3, -0.25) is 9.59 Å². The summed E-state index contributed by atoms with van der Waals surface area (Å²) in [6, 6.07) is 2.11. The number of fused-ring (bicyclic) bond motifs is 2. The highest BCUT2D eigenvalue weighted by Gasteiger charge is 2.45. The first kappa shape index (κ1) is 27.2. The molecule has 0 aromatic heterocycles. The van der Waals surface area contributed by atoms with Gasteiger partial charge in [-0.05, 0) is 18.9 Å². The molecule has 0 aliphatic carbocycles. The number of ether oxygens (including phenoxy) is 4. The van der Waals surface area contributed by atoms with Crippen molar-refractivity contribution >= 4 is 58.5 Å². The molecule has 1 aromatic rings. The number of hydrogen-bond donors (Lipinski definition) is 1. The van der Waals surface area contributed by atoms with Gasteiger partial charge in [0.2, 0.25) is 3.79 Å². The molecule has 0 spiro atoms. The second kappa shape index (κ2) is 11.6. The number of hydrogen-bond acceptors (Lipinski definition) is 8. The Balaban J connectivity index is 1.96. The summed E-state index contributed by atoms with van der Waals surface area (Å²) in [7, 11) is 1.38. The fourth-order valence-corrected chi connectivity index (χ4v) is 4.07. The number of halogens is 3. The summed E-state index contributed by atoms with van der Waals surface area (Å²) in [4.78, 5) is 40.6. The summed E-state index contributed by atoms with van der Waals surface area (Å²) >= 11 is 17.1. The molecule has 2 aliphatic rings. The highest BCUT2D eigenvalue weighted by Crippen LogP contribution is 2.41. The van der Waals surface area contributed by atoms with Crippen molar-refractivity contribution in [1.82, 2.24) is 4.90 Å². The summed E-state index contributed by atoms with van der Waals surface area (Å²) in [6.07, 6.45) is 0.0537. The number of aliphatic hydroxyl groups excluding tert-OH is 1. The minimum atomic E-state index is -1.88. The van der Waals surface area contributed by atoms with E-state index >= 15 is 0 Å². The van der Waals surface area contributed by atoms with Crippen molar-refractivity contribution in [3.8, 4) is 11.5 Å². The fourth-order valence-electron chi connectivity index (χ4n) is 3.90. The molecule has 35 heavy (non-hydrogen) atoms. The molecule has 2 heterocycles. The number of amides is 2. The highest BCUT2D eigenvalue weighted by atomic mass is 35.6. The molecule has 1 unspecified atom stereocenters. The standard InChI is InChI=1S/C22H25Cl3N2O8/c1-3-8-34-18(28)6-9-33-17-11-15-13(10-16(17)32-2)19(29)26-7-4-5-14(26)20(30)27(15)21(31)35-12-22(23,24)25/h3,10-11,14,20,30H,1,4-9,12H2,2H3/t14-,20?/m0/s1. The van der Waals surface area contributed by atoms with Crippen LogP contribution in [0.15, 0.2) is 24.8 Å². The summed E-state index contributed by atoms with van der Waals surface area (Å²) in [5.74, 6) is -0.569. The molecule has 13 heteroatoms. The van der Waals surface area contributed by atoms with Gasteiger partial charge >= 0.3 is 12.1 Å². The summed E-state index contributed by atoms with van der Waals surface area (Å²) in [6.45, 7) is 3.30. The van der Waals surface area contributed by atoms with Crippen LogP contribution in [0.2, 0.25) is 0 Å². The Morgan fingerprint density at radius 2 is 2.00 bits per heavy atom. The van der Waals surface area contributed by atoms with Crippen LogP contribution in [0.1, 0.15) is 29.6 Å². The van der Waals surface area contributed by atoms with E-state index < -0.39 is 40.6 Å². The average molecular weight is 552 g/mol. The Morgan fingerprint density at radius 1 is 1.26 bits per heavy atom. The Kier molecular flexibility index (Phi) is 8.98. The van der Waals surface area contributed by atoms with Crippen LogP contribution >= 0.6 is 34.8 Å². The number of esters is 1. The number of carbonyl (C=O) groups excluding carboxylic acids is 3. The molecule has 192 valence electrons. The Morgan fingerprint density at radius 3 is 2.66 bits per heavy atom. The number of benzene rings is 1. The van der Waals surface area contributed by atoms with E-state index in [0.717, 1.165) is 4.90 Å². The molecule has 1 aromatic carbocycles. The zero-order valence-electron chi connectivity index (χ0n) is 18.9. The predicted molar refractivity (Wildman–Crippen MR) is 128 cm³/mol. The maximum Gasteiger partial charge on any atom is 0.416 e. The lowest BCUT2D eigenvalue weighted by Gasteiger charge is -2.32. The van der Waals surface area contributed by atoms with Crippen LogP contribution in [-0.4, -0.2) is 77.5 Å². The van der Waals surface area contributed by atoms with Gasteiger partial charge in [0.25, 0.3) is 5.91 Å². The zero-order valence-corrected chi connectivity index (χ0v) is 21.1. The normalized spacial score (nSPS) is 19.4. The van der Waals surface area contributed by atoms with E-state index in [2.05, 4.69) is 6.58 Å². The predicted octanol–water partition coefficient (Wildman–Crippen LogP) is 3.44. The van der Waals surface area contributed by atoms with Crippen molar-refractivity contribution in [2.75, 3.05) is 38.4 Å². The van der Waals surface area contributed by atoms with Crippen LogP contribution in [0.5, 0.6) is 11.5 Å². The lowest BCUT2D eigenvalue weighted by atomic mass is 10.1. The molecule has 2 aliphatic heterocycles. The van der Waals surface area contributed by atoms with Crippen molar-refractivity contribution < 1.29 is 38.4 Å². The van der Waals surface area contributed by atoms with Crippen molar-refractivity contribution in [1.29, 1.82) is 0 Å². The first-order chi connectivity index (χ1) is 16.6. The highest BCUT2D eigenvalue weighted by molar-refractivity contribution is 6.67. The molecule has 1 saturated heterocycles. The maximum atomic E-state index is 13.3. The molecule has 0 bridgehead atoms. The summed E-state index contributed by atoms with van der Waals surface area (Å²) in [5.41, 5.74) is 0.116. The molecule has 0 saturated carbocycles. The second-order valence-corrected chi connectivity index (χ2v) is 10.3. The minimum Gasteiger partial charge on any atom is -0.493 e. The van der Waals surface area contributed by atoms with Crippen LogP contribution in [0.4, 0.5) is 10.5 Å². The van der Waals surface area contributed by atoms with Crippen molar-refractivity contribution in [3.05, 3.63) is 30.4 Å². The summed E-state index contributed by atoms with van der Waals surface area (Å²) in [5, 5.41) is 11.1. The lowest BCUT2D eigenvalue weighted by Crippen LogP contribution is -2.51. The van der Waals surface area contributed by atoms with E-state index in [1.54, 1.807) is 0 Å². The topological polar surface area (TPSA) is 115 Å². The fraction of sp³-hybridized carbons (Fsp3) is 0.500. The smallest absolute Gasteiger partial charge is 0.416 e. The van der Waals surface area contributed by atoms with E-state index in [1.165, 1.54) is 30.2 Å². The molecule has 3 rings (SSSR count). The van der Waals surface area contributed by atoms with E-state index in [9.17, 15) is 19.5 Å². The maximum absolute atomic E-state index is 13.3. The molecule has 1 fully saturated rings. The Labute approximate surface area is 217 Å². The second-order valence-electron chi connectivity index (χ2n) is 7.75. The van der Waals surface area contributed by atoms with Crippen LogP contribution in [-0.2, 0) is 14.3 Å². The number of anilines is 1. The lowest BCUT2D eigenvalue weighted by molar-refractivity contribution is -0.142. The number of alkyl halides is 3. The first-order valence-electron chi connectivity index (χ1n) is 10.7. The molecule has 2 atom stereocenters. The van der Waals surface area contributed by atoms with Crippen LogP contribution in [0.25, 0.3) is 0 Å². The third kappa shape index (κ3) is 6.43. The SMILES string of the molecule is C=CCOC(=O)CCOc1cc2c(cc1OC)C(=O)N1CCC[C@H]1C(O)N2C(=O)OCC(Cl)(Cl)Cl. The van der Waals surface area contributed by atoms with Gasteiger partial charge < -0.3 is 29.0 Å². The molecular weight excluding hydrogens is 527 g/mol. The van der Waals surface area contributed by atoms with E-state index in [4.69, 9.17) is 53.8 Å². The quantitative estimate of drug-likeness (QED) is 0.297. The van der Waals surface area contributed by atoms with Gasteiger partial charge in [0.05, 0.1) is 37.4 Å². The number of rotatable bonds is 8. The van der Waals surface area contributed by atoms with E-state index in [0.29, 0.717) is 19.4 Å². The van der Waals surface area contributed by atoms with Gasteiger partial charge in [0.1, 0.15) is 13.2 Å². The van der Waals surface area contributed by atoms with Crippen LogP contribution in [0.3, 0.4) is 0 Å². The van der Waals surface area contributed by atoms with Crippen molar-refractivity contribution in [2.45, 2.75) is 35.3 Å². The van der Waals surface area contributed by atoms with Gasteiger partial charge in [-0.1, -0.05) is 47.5 Å². The molecule has 10 nitrogen and oxygen atoms in total. The van der Waals surface area contributed by atoms with Crippen LogP contribution in [0, 0.1) is 0 Å². The average Bonchev–Trinajstić information content (AvgIpc) is 3.28. The molecule has 2 amide bonds. The van der Waals surface area contributed by atoms with Gasteiger partial charge in [0, 0.05) is 12.6 Å². The Hall–Kier alpha value is -2.40.